The van der Waals surface area contributed by atoms with Crippen LogP contribution in [0, 0.1) is 11.1 Å². The predicted octanol–water partition coefficient (Wildman–Crippen LogP) is 0.848. The number of esters is 1. The molecule has 1 aliphatic heterocycles. The third-order valence-electron chi connectivity index (χ3n) is 9.01. The molecule has 2 aromatic rings. The van der Waals surface area contributed by atoms with Gasteiger partial charge in [-0.1, -0.05) is 44.4 Å². The molecule has 0 radical (unpaired) electrons. The lowest BCUT2D eigenvalue weighted by molar-refractivity contribution is -0.832. The molecule has 1 aromatic heterocycles. The normalized spacial score (nSPS) is 18.8. The number of sulfone groups is 1. The van der Waals surface area contributed by atoms with Crippen LogP contribution in [0.2, 0.25) is 0 Å². The van der Waals surface area contributed by atoms with Crippen molar-refractivity contribution in [3.05, 3.63) is 35.5 Å². The summed E-state index contributed by atoms with van der Waals surface area (Å²) < 4.78 is 39.6. The number of hydrogen-bond donors (Lipinski definition) is 4. The Labute approximate surface area is 316 Å². The van der Waals surface area contributed by atoms with E-state index < -0.39 is 88.8 Å². The van der Waals surface area contributed by atoms with Crippen LogP contribution in [0.5, 0.6) is 5.88 Å². The number of benzene rings is 1. The number of amides is 2. The minimum atomic E-state index is -4.34. The lowest BCUT2D eigenvalue weighted by Gasteiger charge is -2.35. The van der Waals surface area contributed by atoms with Crippen molar-refractivity contribution >= 4 is 45.5 Å². The Kier molecular flexibility index (Phi) is 16.3. The van der Waals surface area contributed by atoms with E-state index in [-0.39, 0.29) is 33.6 Å². The number of ether oxygens (including phenoxy) is 2. The number of carbonyl (C=O) groups excluding carboxylic acids is 3. The SMILES string of the molecule is CCC[C@H](N[C@@H](C)C(=O)N1[C@H](C(=O)O)C[C@@H]2CCCC[C@@H]21)C(=O)OCC.O=C(O)CN(CC(=O)O)C(=O)CCOc1no[n+]([O-])c1S(=O)(=O)c1ccccc1. The summed E-state index contributed by atoms with van der Waals surface area (Å²) in [5.41, 5.74) is 0. The van der Waals surface area contributed by atoms with Crippen molar-refractivity contribution in [1.29, 1.82) is 0 Å². The zero-order valence-electron chi connectivity index (χ0n) is 30.7. The van der Waals surface area contributed by atoms with E-state index in [2.05, 4.69) is 15.1 Å². The van der Waals surface area contributed by atoms with Crippen molar-refractivity contribution in [2.45, 2.75) is 106 Å². The number of nitrogens with one attached hydrogen (secondary N) is 1. The van der Waals surface area contributed by atoms with Gasteiger partial charge in [0.05, 0.1) is 29.1 Å². The second-order valence-corrected chi connectivity index (χ2v) is 14.8. The van der Waals surface area contributed by atoms with Gasteiger partial charge in [-0.15, -0.1) is 0 Å². The summed E-state index contributed by atoms with van der Waals surface area (Å²) in [4.78, 5) is 71.9. The van der Waals surface area contributed by atoms with E-state index in [0.717, 1.165) is 32.1 Å². The van der Waals surface area contributed by atoms with Gasteiger partial charge >= 0.3 is 34.8 Å². The molecule has 20 nitrogen and oxygen atoms in total. The standard InChI is InChI=1S/C19H32N2O5.C15H15N3O10S/c1-4-8-14(19(25)26-5-2)20-12(3)17(22)21-15-10-7-6-9-13(15)11-16(21)18(23)24;19-11(17(8-12(20)21)9-13(22)23)6-7-27-14-15(18(24)28-16-14)29(25,26)10-4-2-1-3-5-10/h12-16,20H,4-11H2,1-3H3,(H,23,24);1-5H,6-9H2,(H,20,21)(H,22,23)/t12-,13-,14-,15-,16-;/m0./s1. The van der Waals surface area contributed by atoms with Crippen molar-refractivity contribution < 1.29 is 71.5 Å². The maximum absolute atomic E-state index is 13.1. The number of nitrogens with zero attached hydrogens (tertiary/aromatic N) is 4. The quantitative estimate of drug-likeness (QED) is 0.120. The largest absolute Gasteiger partial charge is 0.480 e. The van der Waals surface area contributed by atoms with Gasteiger partial charge in [0.25, 0.3) is 9.84 Å². The fourth-order valence-corrected chi connectivity index (χ4v) is 7.88. The van der Waals surface area contributed by atoms with Gasteiger partial charge in [0.15, 0.2) is 0 Å². The molecule has 4 N–H and O–H groups in total. The van der Waals surface area contributed by atoms with Crippen LogP contribution >= 0.6 is 0 Å². The highest BCUT2D eigenvalue weighted by molar-refractivity contribution is 7.91. The van der Waals surface area contributed by atoms with Crippen LogP contribution in [0.4, 0.5) is 0 Å². The minimum Gasteiger partial charge on any atom is -0.480 e. The topological polar surface area (TPSA) is 287 Å². The Bertz CT molecular complexity index is 1750. The Balaban J connectivity index is 0.000000297. The molecule has 1 saturated heterocycles. The van der Waals surface area contributed by atoms with Gasteiger partial charge in [0, 0.05) is 6.04 Å². The molecule has 0 bridgehead atoms. The van der Waals surface area contributed by atoms with E-state index in [4.69, 9.17) is 19.7 Å². The third-order valence-corrected chi connectivity index (χ3v) is 10.7. The van der Waals surface area contributed by atoms with Crippen molar-refractivity contribution in [2.75, 3.05) is 26.3 Å². The van der Waals surface area contributed by atoms with Gasteiger partial charge in [0.1, 0.15) is 31.8 Å². The fraction of sp³-hybridized carbons (Fsp3) is 0.588. The first kappa shape index (κ1) is 44.1. The molecule has 0 spiro atoms. The Hall–Kier alpha value is -5.31. The molecule has 2 fully saturated rings. The minimum absolute atomic E-state index is 0.00817. The lowest BCUT2D eigenvalue weighted by Crippen LogP contribution is -2.55. The van der Waals surface area contributed by atoms with Crippen molar-refractivity contribution in [3.8, 4) is 5.88 Å². The second-order valence-electron chi connectivity index (χ2n) is 12.9. The molecule has 0 unspecified atom stereocenters. The number of carbonyl (C=O) groups is 6. The second kappa shape index (κ2) is 20.4. The molecular formula is C34H47N5O15S. The molecule has 21 heteroatoms. The maximum atomic E-state index is 13.1. The van der Waals surface area contributed by atoms with Crippen LogP contribution in [-0.4, -0.2) is 125 Å². The lowest BCUT2D eigenvalue weighted by atomic mass is 9.84. The Morgan fingerprint density at radius 2 is 1.69 bits per heavy atom. The van der Waals surface area contributed by atoms with Crippen LogP contribution in [-0.2, 0) is 43.3 Å². The van der Waals surface area contributed by atoms with Gasteiger partial charge < -0.3 is 39.8 Å². The smallest absolute Gasteiger partial charge is 0.414 e. The highest BCUT2D eigenvalue weighted by atomic mass is 32.2. The summed E-state index contributed by atoms with van der Waals surface area (Å²) in [5.74, 6) is -5.65. The number of likely N-dealkylation sites (tertiary alicyclic amines) is 1. The van der Waals surface area contributed by atoms with E-state index in [0.29, 0.717) is 24.3 Å². The molecule has 4 rings (SSSR count). The third kappa shape index (κ3) is 11.8. The van der Waals surface area contributed by atoms with Crippen LogP contribution in [0.1, 0.15) is 72.1 Å². The number of aromatic nitrogens is 2. The first-order valence-electron chi connectivity index (χ1n) is 17.7. The Morgan fingerprint density at radius 3 is 2.27 bits per heavy atom. The first-order chi connectivity index (χ1) is 26.0. The summed E-state index contributed by atoms with van der Waals surface area (Å²) in [6.07, 6.45) is 5.37. The van der Waals surface area contributed by atoms with Crippen molar-refractivity contribution in [3.63, 3.8) is 0 Å². The molecule has 1 aliphatic carbocycles. The summed E-state index contributed by atoms with van der Waals surface area (Å²) >= 11 is 0. The summed E-state index contributed by atoms with van der Waals surface area (Å²) in [5, 5.41) is 44.2. The van der Waals surface area contributed by atoms with E-state index >= 15 is 0 Å². The van der Waals surface area contributed by atoms with Gasteiger partial charge in [-0.05, 0) is 62.5 Å². The highest BCUT2D eigenvalue weighted by Gasteiger charge is 2.48. The fourth-order valence-electron chi connectivity index (χ4n) is 6.59. The molecule has 2 amide bonds. The van der Waals surface area contributed by atoms with E-state index in [1.165, 1.54) is 24.3 Å². The maximum Gasteiger partial charge on any atom is 0.414 e. The Morgan fingerprint density at radius 1 is 1.05 bits per heavy atom. The van der Waals surface area contributed by atoms with Crippen LogP contribution in [0.25, 0.3) is 0 Å². The molecule has 304 valence electrons. The average molecular weight is 798 g/mol. The van der Waals surface area contributed by atoms with Crippen LogP contribution < -0.4 is 15.0 Å². The van der Waals surface area contributed by atoms with E-state index in [1.54, 1.807) is 24.8 Å². The molecule has 1 saturated carbocycles. The average Bonchev–Trinajstić information content (AvgIpc) is 3.72. The molecule has 2 aliphatic rings. The highest BCUT2D eigenvalue weighted by Crippen LogP contribution is 2.40. The molecule has 5 atom stereocenters. The van der Waals surface area contributed by atoms with Gasteiger partial charge in [-0.2, -0.15) is 0 Å². The monoisotopic (exact) mass is 797 g/mol. The first-order valence-corrected chi connectivity index (χ1v) is 19.2. The van der Waals surface area contributed by atoms with Crippen LogP contribution in [0.3, 0.4) is 0 Å². The van der Waals surface area contributed by atoms with Crippen molar-refractivity contribution in [2.24, 2.45) is 5.92 Å². The molecular weight excluding hydrogens is 750 g/mol. The summed E-state index contributed by atoms with van der Waals surface area (Å²) in [6.45, 7) is 3.51. The van der Waals surface area contributed by atoms with Gasteiger partial charge in [-0.3, -0.25) is 33.9 Å². The van der Waals surface area contributed by atoms with Crippen LogP contribution in [0.15, 0.2) is 44.9 Å². The predicted molar refractivity (Wildman–Crippen MR) is 186 cm³/mol. The van der Waals surface area contributed by atoms with Crippen molar-refractivity contribution in [1.82, 2.24) is 20.3 Å². The number of hydrogen-bond acceptors (Lipinski definition) is 14. The number of carboxylic acids is 3. The molecule has 2 heterocycles. The molecule has 55 heavy (non-hydrogen) atoms. The number of rotatable bonds is 18. The number of aliphatic carboxylic acids is 3. The number of carboxylic acid groups (broad SMARTS) is 3. The zero-order valence-corrected chi connectivity index (χ0v) is 31.5. The summed E-state index contributed by atoms with van der Waals surface area (Å²) in [7, 11) is -4.34. The summed E-state index contributed by atoms with van der Waals surface area (Å²) in [6, 6.07) is 5.01. The van der Waals surface area contributed by atoms with Gasteiger partial charge in [-0.25, -0.2) is 13.2 Å². The van der Waals surface area contributed by atoms with Gasteiger partial charge in [0.2, 0.25) is 11.8 Å². The van der Waals surface area contributed by atoms with E-state index in [9.17, 15) is 47.5 Å². The number of fused-ring (bicyclic) bond motifs is 1. The van der Waals surface area contributed by atoms with E-state index in [1.807, 2.05) is 6.92 Å². The molecule has 1 aromatic carbocycles. The zero-order chi connectivity index (χ0) is 40.9.